The smallest absolute Gasteiger partial charge is 0.119 e. The van der Waals surface area contributed by atoms with Crippen molar-refractivity contribution in [2.45, 2.75) is 11.7 Å². The molecule has 0 saturated carbocycles. The van der Waals surface area contributed by atoms with Gasteiger partial charge in [0.05, 0.1) is 0 Å². The van der Waals surface area contributed by atoms with Crippen molar-refractivity contribution in [3.8, 4) is 5.75 Å². The number of hydrogen-bond donors (Lipinski definition) is 1. The maximum atomic E-state index is 5.64. The number of nitrogens with zero attached hydrogens (tertiary/aromatic N) is 1. The van der Waals surface area contributed by atoms with E-state index in [4.69, 9.17) is 4.74 Å². The van der Waals surface area contributed by atoms with Crippen LogP contribution in [0.15, 0.2) is 30.3 Å². The third kappa shape index (κ3) is 3.43. The zero-order valence-electron chi connectivity index (χ0n) is 8.80. The molecule has 0 amide bonds. The Labute approximate surface area is 96.6 Å². The normalized spacial score (nSPS) is 21.8. The van der Waals surface area contributed by atoms with Crippen LogP contribution in [0.4, 0.5) is 0 Å². The predicted molar refractivity (Wildman–Crippen MR) is 65.8 cm³/mol. The SMILES string of the molecule is S[C@H]1CCN(CCOc2ccccc2)C1. The number of benzene rings is 1. The van der Waals surface area contributed by atoms with Gasteiger partial charge in [-0.1, -0.05) is 18.2 Å². The van der Waals surface area contributed by atoms with Crippen LogP contribution >= 0.6 is 12.6 Å². The number of hydrogen-bond acceptors (Lipinski definition) is 3. The molecule has 0 bridgehead atoms. The van der Waals surface area contributed by atoms with E-state index in [0.29, 0.717) is 5.25 Å². The van der Waals surface area contributed by atoms with Gasteiger partial charge in [-0.2, -0.15) is 12.6 Å². The van der Waals surface area contributed by atoms with Gasteiger partial charge in [-0.3, -0.25) is 4.90 Å². The molecular formula is C12H17NOS. The molecule has 1 aromatic carbocycles. The summed E-state index contributed by atoms with van der Waals surface area (Å²) in [5.41, 5.74) is 0. The number of likely N-dealkylation sites (tertiary alicyclic amines) is 1. The largest absolute Gasteiger partial charge is 0.492 e. The second-order valence-electron chi connectivity index (χ2n) is 3.90. The lowest BCUT2D eigenvalue weighted by atomic mass is 10.3. The second-order valence-corrected chi connectivity index (χ2v) is 4.63. The van der Waals surface area contributed by atoms with E-state index in [9.17, 15) is 0 Å². The summed E-state index contributed by atoms with van der Waals surface area (Å²) in [6, 6.07) is 9.97. The van der Waals surface area contributed by atoms with Gasteiger partial charge in [0.2, 0.25) is 0 Å². The van der Waals surface area contributed by atoms with E-state index < -0.39 is 0 Å². The lowest BCUT2D eigenvalue weighted by molar-refractivity contribution is 0.238. The topological polar surface area (TPSA) is 12.5 Å². The van der Waals surface area contributed by atoms with Crippen LogP contribution in [0.2, 0.25) is 0 Å². The molecule has 1 saturated heterocycles. The Hall–Kier alpha value is -0.670. The summed E-state index contributed by atoms with van der Waals surface area (Å²) in [6.07, 6.45) is 1.20. The molecule has 0 N–H and O–H groups in total. The van der Waals surface area contributed by atoms with Gasteiger partial charge in [-0.05, 0) is 25.1 Å². The van der Waals surface area contributed by atoms with Crippen LogP contribution in [0.25, 0.3) is 0 Å². The molecule has 1 aliphatic heterocycles. The highest BCUT2D eigenvalue weighted by Gasteiger charge is 2.18. The fraction of sp³-hybridized carbons (Fsp3) is 0.500. The molecule has 0 aromatic heterocycles. The summed E-state index contributed by atoms with van der Waals surface area (Å²) in [4.78, 5) is 2.40. The number of rotatable bonds is 4. The first-order chi connectivity index (χ1) is 7.34. The lowest BCUT2D eigenvalue weighted by Gasteiger charge is -2.15. The molecule has 1 aliphatic rings. The highest BCUT2D eigenvalue weighted by molar-refractivity contribution is 7.81. The zero-order valence-corrected chi connectivity index (χ0v) is 9.70. The summed E-state index contributed by atoms with van der Waals surface area (Å²) in [5.74, 6) is 0.958. The molecule has 0 aliphatic carbocycles. The molecule has 82 valence electrons. The number of para-hydroxylation sites is 1. The first-order valence-electron chi connectivity index (χ1n) is 5.43. The van der Waals surface area contributed by atoms with Crippen LogP contribution < -0.4 is 4.74 Å². The van der Waals surface area contributed by atoms with Gasteiger partial charge in [0.1, 0.15) is 12.4 Å². The maximum absolute atomic E-state index is 5.64. The van der Waals surface area contributed by atoms with Gasteiger partial charge < -0.3 is 4.74 Å². The third-order valence-corrected chi connectivity index (χ3v) is 3.09. The third-order valence-electron chi connectivity index (χ3n) is 2.67. The Kier molecular flexibility index (Phi) is 3.92. The van der Waals surface area contributed by atoms with E-state index in [0.717, 1.165) is 32.0 Å². The van der Waals surface area contributed by atoms with E-state index >= 15 is 0 Å². The van der Waals surface area contributed by atoms with Crippen LogP contribution in [0.1, 0.15) is 6.42 Å². The monoisotopic (exact) mass is 223 g/mol. The summed E-state index contributed by atoms with van der Waals surface area (Å²) in [6.45, 7) is 4.03. The van der Waals surface area contributed by atoms with Gasteiger partial charge in [0.25, 0.3) is 0 Å². The molecule has 2 nitrogen and oxygen atoms in total. The average molecular weight is 223 g/mol. The van der Waals surface area contributed by atoms with Gasteiger partial charge in [0, 0.05) is 18.3 Å². The Balaban J connectivity index is 1.67. The van der Waals surface area contributed by atoms with Crippen molar-refractivity contribution < 1.29 is 4.74 Å². The Morgan fingerprint density at radius 2 is 2.13 bits per heavy atom. The van der Waals surface area contributed by atoms with Crippen molar-refractivity contribution in [1.82, 2.24) is 4.90 Å². The molecule has 1 aromatic rings. The van der Waals surface area contributed by atoms with Crippen molar-refractivity contribution in [2.75, 3.05) is 26.2 Å². The molecule has 1 heterocycles. The molecule has 1 fully saturated rings. The van der Waals surface area contributed by atoms with Crippen molar-refractivity contribution in [1.29, 1.82) is 0 Å². The quantitative estimate of drug-likeness (QED) is 0.785. The van der Waals surface area contributed by atoms with Crippen molar-refractivity contribution >= 4 is 12.6 Å². The highest BCUT2D eigenvalue weighted by Crippen LogP contribution is 2.14. The molecule has 0 unspecified atom stereocenters. The average Bonchev–Trinajstić information content (AvgIpc) is 2.66. The molecule has 0 spiro atoms. The van der Waals surface area contributed by atoms with Gasteiger partial charge >= 0.3 is 0 Å². The van der Waals surface area contributed by atoms with Crippen LogP contribution in [0.5, 0.6) is 5.75 Å². The Morgan fingerprint density at radius 1 is 1.33 bits per heavy atom. The molecule has 3 heteroatoms. The van der Waals surface area contributed by atoms with Crippen LogP contribution in [0.3, 0.4) is 0 Å². The fourth-order valence-corrected chi connectivity index (χ4v) is 2.17. The molecule has 1 atom stereocenters. The molecule has 0 radical (unpaired) electrons. The Morgan fingerprint density at radius 3 is 2.80 bits per heavy atom. The lowest BCUT2D eigenvalue weighted by Crippen LogP contribution is -2.26. The first kappa shape index (κ1) is 10.8. The van der Waals surface area contributed by atoms with Crippen LogP contribution in [0, 0.1) is 0 Å². The van der Waals surface area contributed by atoms with E-state index in [2.05, 4.69) is 17.5 Å². The maximum Gasteiger partial charge on any atom is 0.119 e. The first-order valence-corrected chi connectivity index (χ1v) is 5.94. The summed E-state index contributed by atoms with van der Waals surface area (Å²) >= 11 is 4.46. The van der Waals surface area contributed by atoms with Crippen molar-refractivity contribution in [3.63, 3.8) is 0 Å². The minimum atomic E-state index is 0.557. The summed E-state index contributed by atoms with van der Waals surface area (Å²) in [5, 5.41) is 0.557. The number of thiol groups is 1. The van der Waals surface area contributed by atoms with Gasteiger partial charge in [-0.25, -0.2) is 0 Å². The summed E-state index contributed by atoms with van der Waals surface area (Å²) in [7, 11) is 0. The van der Waals surface area contributed by atoms with Crippen molar-refractivity contribution in [3.05, 3.63) is 30.3 Å². The standard InChI is InChI=1S/C12H17NOS/c15-12-6-7-13(10-12)8-9-14-11-4-2-1-3-5-11/h1-5,12,15H,6-10H2/t12-/m0/s1. The zero-order chi connectivity index (χ0) is 10.5. The molecule has 2 rings (SSSR count). The van der Waals surface area contributed by atoms with Crippen LogP contribution in [-0.4, -0.2) is 36.4 Å². The van der Waals surface area contributed by atoms with E-state index in [-0.39, 0.29) is 0 Å². The molecule has 15 heavy (non-hydrogen) atoms. The number of ether oxygens (including phenoxy) is 1. The second kappa shape index (κ2) is 5.42. The fourth-order valence-electron chi connectivity index (χ4n) is 1.82. The predicted octanol–water partition coefficient (Wildman–Crippen LogP) is 2.07. The van der Waals surface area contributed by atoms with E-state index in [1.54, 1.807) is 0 Å². The molecular weight excluding hydrogens is 206 g/mol. The van der Waals surface area contributed by atoms with Crippen molar-refractivity contribution in [2.24, 2.45) is 0 Å². The minimum Gasteiger partial charge on any atom is -0.492 e. The van der Waals surface area contributed by atoms with Gasteiger partial charge in [-0.15, -0.1) is 0 Å². The summed E-state index contributed by atoms with van der Waals surface area (Å²) < 4.78 is 5.64. The van der Waals surface area contributed by atoms with E-state index in [1.165, 1.54) is 6.42 Å². The van der Waals surface area contributed by atoms with Crippen LogP contribution in [-0.2, 0) is 0 Å². The Bertz CT molecular complexity index is 291. The highest BCUT2D eigenvalue weighted by atomic mass is 32.1. The minimum absolute atomic E-state index is 0.557. The van der Waals surface area contributed by atoms with E-state index in [1.807, 2.05) is 30.3 Å². The van der Waals surface area contributed by atoms with Gasteiger partial charge in [0.15, 0.2) is 0 Å².